The highest BCUT2D eigenvalue weighted by atomic mass is 32.2. The van der Waals surface area contributed by atoms with Crippen molar-refractivity contribution in [2.24, 2.45) is 0 Å². The van der Waals surface area contributed by atoms with Crippen LogP contribution >= 0.6 is 11.8 Å². The van der Waals surface area contributed by atoms with Gasteiger partial charge in [-0.15, -0.1) is 24.1 Å². The van der Waals surface area contributed by atoms with Crippen molar-refractivity contribution in [1.82, 2.24) is 4.72 Å². The summed E-state index contributed by atoms with van der Waals surface area (Å²) in [6.07, 6.45) is 5.53. The van der Waals surface area contributed by atoms with Gasteiger partial charge >= 0.3 is 0 Å². The SMILES string of the molecule is C#CCC(C)NS(=O)(=O)CCSc1cccc(N)c1. The van der Waals surface area contributed by atoms with Crippen LogP contribution in [0, 0.1) is 12.3 Å². The van der Waals surface area contributed by atoms with Crippen LogP contribution in [0.4, 0.5) is 5.69 Å². The van der Waals surface area contributed by atoms with Crippen LogP contribution in [0.25, 0.3) is 0 Å². The predicted molar refractivity (Wildman–Crippen MR) is 81.4 cm³/mol. The van der Waals surface area contributed by atoms with Gasteiger partial charge in [0, 0.05) is 28.8 Å². The van der Waals surface area contributed by atoms with Crippen LogP contribution < -0.4 is 10.5 Å². The van der Waals surface area contributed by atoms with Crippen molar-refractivity contribution in [1.29, 1.82) is 0 Å². The van der Waals surface area contributed by atoms with Gasteiger partial charge < -0.3 is 5.73 Å². The molecule has 19 heavy (non-hydrogen) atoms. The molecule has 1 aromatic rings. The van der Waals surface area contributed by atoms with E-state index in [1.165, 1.54) is 11.8 Å². The van der Waals surface area contributed by atoms with Gasteiger partial charge in [-0.1, -0.05) is 6.07 Å². The summed E-state index contributed by atoms with van der Waals surface area (Å²) >= 11 is 1.46. The number of rotatable bonds is 7. The molecule has 0 amide bonds. The number of benzene rings is 1. The lowest BCUT2D eigenvalue weighted by atomic mass is 10.3. The first-order chi connectivity index (χ1) is 8.93. The van der Waals surface area contributed by atoms with Gasteiger partial charge in [-0.2, -0.15) is 0 Å². The third-order valence-electron chi connectivity index (χ3n) is 2.28. The van der Waals surface area contributed by atoms with E-state index < -0.39 is 10.0 Å². The standard InChI is InChI=1S/C13H18N2O2S2/c1-3-5-11(2)15-19(16,17)9-8-18-13-7-4-6-12(14)10-13/h1,4,6-7,10-11,15H,5,8-9,14H2,2H3. The maximum Gasteiger partial charge on any atom is 0.212 e. The van der Waals surface area contributed by atoms with Crippen molar-refractivity contribution in [3.05, 3.63) is 24.3 Å². The minimum Gasteiger partial charge on any atom is -0.399 e. The summed E-state index contributed by atoms with van der Waals surface area (Å²) in [4.78, 5) is 0.965. The molecule has 0 aliphatic rings. The first kappa shape index (κ1) is 15.9. The zero-order valence-corrected chi connectivity index (χ0v) is 12.4. The van der Waals surface area contributed by atoms with Gasteiger partial charge in [0.1, 0.15) is 0 Å². The summed E-state index contributed by atoms with van der Waals surface area (Å²) in [6.45, 7) is 1.75. The van der Waals surface area contributed by atoms with Gasteiger partial charge in [-0.25, -0.2) is 13.1 Å². The van der Waals surface area contributed by atoms with E-state index in [1.807, 2.05) is 18.2 Å². The second-order valence-corrected chi connectivity index (χ2v) is 7.21. The van der Waals surface area contributed by atoms with E-state index in [2.05, 4.69) is 10.6 Å². The molecule has 0 heterocycles. The van der Waals surface area contributed by atoms with E-state index in [0.29, 0.717) is 17.9 Å². The number of nitrogens with two attached hydrogens (primary N) is 1. The highest BCUT2D eigenvalue weighted by molar-refractivity contribution is 8.00. The largest absolute Gasteiger partial charge is 0.399 e. The fourth-order valence-electron chi connectivity index (χ4n) is 1.46. The molecule has 0 aliphatic heterocycles. The Balaban J connectivity index is 2.42. The molecule has 0 aliphatic carbocycles. The maximum absolute atomic E-state index is 11.8. The molecule has 1 aromatic carbocycles. The van der Waals surface area contributed by atoms with Crippen molar-refractivity contribution in [3.63, 3.8) is 0 Å². The average molecular weight is 298 g/mol. The maximum atomic E-state index is 11.8. The normalized spacial score (nSPS) is 12.8. The van der Waals surface area contributed by atoms with E-state index in [4.69, 9.17) is 12.2 Å². The summed E-state index contributed by atoms with van der Waals surface area (Å²) in [6, 6.07) is 7.14. The van der Waals surface area contributed by atoms with Crippen LogP contribution in [0.3, 0.4) is 0 Å². The Morgan fingerprint density at radius 3 is 2.89 bits per heavy atom. The van der Waals surface area contributed by atoms with Crippen molar-refractivity contribution >= 4 is 27.5 Å². The fourth-order valence-corrected chi connectivity index (χ4v) is 4.11. The highest BCUT2D eigenvalue weighted by Crippen LogP contribution is 2.20. The topological polar surface area (TPSA) is 72.2 Å². The number of terminal acetylenes is 1. The minimum atomic E-state index is -3.28. The molecule has 0 bridgehead atoms. The lowest BCUT2D eigenvalue weighted by Gasteiger charge is -2.11. The molecular weight excluding hydrogens is 280 g/mol. The summed E-state index contributed by atoms with van der Waals surface area (Å²) in [7, 11) is -3.28. The Hall–Kier alpha value is -1.16. The van der Waals surface area contributed by atoms with E-state index in [-0.39, 0.29) is 11.8 Å². The molecule has 6 heteroatoms. The lowest BCUT2D eigenvalue weighted by Crippen LogP contribution is -2.34. The minimum absolute atomic E-state index is 0.0569. The summed E-state index contributed by atoms with van der Waals surface area (Å²) in [5.41, 5.74) is 6.33. The van der Waals surface area contributed by atoms with Gasteiger partial charge in [-0.3, -0.25) is 0 Å². The van der Waals surface area contributed by atoms with Crippen molar-refractivity contribution in [2.45, 2.75) is 24.3 Å². The molecule has 0 radical (unpaired) electrons. The number of hydrogen-bond donors (Lipinski definition) is 2. The molecule has 4 nitrogen and oxygen atoms in total. The Morgan fingerprint density at radius 1 is 1.53 bits per heavy atom. The van der Waals surface area contributed by atoms with Crippen molar-refractivity contribution in [2.75, 3.05) is 17.2 Å². The molecule has 0 saturated carbocycles. The average Bonchev–Trinajstić information content (AvgIpc) is 2.28. The molecule has 1 rings (SSSR count). The van der Waals surface area contributed by atoms with Crippen LogP contribution in [0.15, 0.2) is 29.2 Å². The quantitative estimate of drug-likeness (QED) is 0.456. The predicted octanol–water partition coefficient (Wildman–Crippen LogP) is 1.69. The number of nitrogens with one attached hydrogen (secondary N) is 1. The summed E-state index contributed by atoms with van der Waals surface area (Å²) in [5.74, 6) is 2.96. The van der Waals surface area contributed by atoms with Gasteiger partial charge in [0.05, 0.1) is 5.75 Å². The van der Waals surface area contributed by atoms with Crippen LogP contribution in [0.1, 0.15) is 13.3 Å². The highest BCUT2D eigenvalue weighted by Gasteiger charge is 2.13. The monoisotopic (exact) mass is 298 g/mol. The van der Waals surface area contributed by atoms with Gasteiger partial charge in [0.2, 0.25) is 10.0 Å². The van der Waals surface area contributed by atoms with Gasteiger partial charge in [0.15, 0.2) is 0 Å². The molecule has 0 saturated heterocycles. The third-order valence-corrected chi connectivity index (χ3v) is 5.04. The van der Waals surface area contributed by atoms with E-state index >= 15 is 0 Å². The Morgan fingerprint density at radius 2 is 2.26 bits per heavy atom. The van der Waals surface area contributed by atoms with Crippen molar-refractivity contribution < 1.29 is 8.42 Å². The molecule has 0 fully saturated rings. The molecule has 104 valence electrons. The van der Waals surface area contributed by atoms with Crippen LogP contribution in [-0.2, 0) is 10.0 Å². The first-order valence-electron chi connectivity index (χ1n) is 5.85. The lowest BCUT2D eigenvalue weighted by molar-refractivity contribution is 0.565. The van der Waals surface area contributed by atoms with Crippen LogP contribution in [-0.4, -0.2) is 26.0 Å². The molecule has 0 aromatic heterocycles. The van der Waals surface area contributed by atoms with Crippen molar-refractivity contribution in [3.8, 4) is 12.3 Å². The summed E-state index contributed by atoms with van der Waals surface area (Å²) < 4.78 is 26.1. The number of sulfonamides is 1. The molecule has 0 spiro atoms. The number of thioether (sulfide) groups is 1. The zero-order valence-electron chi connectivity index (χ0n) is 10.8. The summed E-state index contributed by atoms with van der Waals surface area (Å²) in [5, 5.41) is 0. The molecule has 1 unspecified atom stereocenters. The van der Waals surface area contributed by atoms with Gasteiger partial charge in [-0.05, 0) is 25.1 Å². The third kappa shape index (κ3) is 6.53. The molecule has 3 N–H and O–H groups in total. The van der Waals surface area contributed by atoms with Gasteiger partial charge in [0.25, 0.3) is 0 Å². The second kappa shape index (κ2) is 7.43. The Kier molecular flexibility index (Phi) is 6.22. The Labute approximate surface area is 119 Å². The smallest absolute Gasteiger partial charge is 0.212 e. The van der Waals surface area contributed by atoms with Crippen LogP contribution in [0.2, 0.25) is 0 Å². The molecule has 1 atom stereocenters. The first-order valence-corrected chi connectivity index (χ1v) is 8.48. The van der Waals surface area contributed by atoms with E-state index in [9.17, 15) is 8.42 Å². The number of nitrogen functional groups attached to an aromatic ring is 1. The number of hydrogen-bond acceptors (Lipinski definition) is 4. The van der Waals surface area contributed by atoms with E-state index in [0.717, 1.165) is 4.90 Å². The number of anilines is 1. The molecular formula is C13H18N2O2S2. The van der Waals surface area contributed by atoms with Crippen LogP contribution in [0.5, 0.6) is 0 Å². The fraction of sp³-hybridized carbons (Fsp3) is 0.385. The Bertz CT molecular complexity index is 550. The zero-order chi connectivity index (χ0) is 14.3. The van der Waals surface area contributed by atoms with E-state index in [1.54, 1.807) is 13.0 Å². The second-order valence-electron chi connectivity index (χ2n) is 4.17.